The average molecular weight is 449 g/mol. The number of piperazine rings is 1. The molecule has 1 unspecified atom stereocenters. The summed E-state index contributed by atoms with van der Waals surface area (Å²) < 4.78 is 45.5. The summed E-state index contributed by atoms with van der Waals surface area (Å²) in [5, 5.41) is 0. The minimum atomic E-state index is -4.39. The summed E-state index contributed by atoms with van der Waals surface area (Å²) in [5.74, 6) is -0.268. The number of alkyl halides is 3. The minimum absolute atomic E-state index is 0.0493. The zero-order chi connectivity index (χ0) is 23.5. The van der Waals surface area contributed by atoms with Crippen LogP contribution in [0.4, 0.5) is 13.2 Å². The molecule has 174 valence electrons. The second kappa shape index (κ2) is 9.63. The molecule has 3 rings (SSSR count). The Hall–Kier alpha value is -2.38. The fourth-order valence-electron chi connectivity index (χ4n) is 4.17. The van der Waals surface area contributed by atoms with Crippen LogP contribution >= 0.6 is 0 Å². The number of carbonyl (C=O) groups is 1. The van der Waals surface area contributed by atoms with Crippen LogP contribution in [-0.2, 0) is 15.7 Å². The van der Waals surface area contributed by atoms with Crippen molar-refractivity contribution in [2.45, 2.75) is 51.6 Å². The molecule has 0 aromatic heterocycles. The molecule has 0 radical (unpaired) electrons. The summed E-state index contributed by atoms with van der Waals surface area (Å²) in [5.41, 5.74) is 0.371. The van der Waals surface area contributed by atoms with Gasteiger partial charge in [0, 0.05) is 25.7 Å². The van der Waals surface area contributed by atoms with Crippen molar-refractivity contribution in [3.8, 4) is 0 Å². The van der Waals surface area contributed by atoms with Crippen molar-refractivity contribution in [1.29, 1.82) is 0 Å². The molecule has 1 heterocycles. The first kappa shape index (κ1) is 24.3. The van der Waals surface area contributed by atoms with Crippen LogP contribution in [0.15, 0.2) is 54.6 Å². The van der Waals surface area contributed by atoms with E-state index in [-0.39, 0.29) is 24.6 Å². The zero-order valence-corrected chi connectivity index (χ0v) is 19.0. The Labute approximate surface area is 188 Å². The summed E-state index contributed by atoms with van der Waals surface area (Å²) in [6.07, 6.45) is -4.39. The third-order valence-corrected chi connectivity index (χ3v) is 5.56. The fourth-order valence-corrected chi connectivity index (χ4v) is 4.17. The number of carbonyl (C=O) groups excluding carboxylic acids is 1. The molecule has 1 fully saturated rings. The van der Waals surface area contributed by atoms with Crippen LogP contribution in [0.25, 0.3) is 0 Å². The maximum atomic E-state index is 13.4. The molecule has 0 aliphatic carbocycles. The van der Waals surface area contributed by atoms with Gasteiger partial charge in [0.2, 0.25) is 0 Å². The normalized spacial score (nSPS) is 19.5. The van der Waals surface area contributed by atoms with Crippen LogP contribution in [-0.4, -0.2) is 53.6 Å². The van der Waals surface area contributed by atoms with E-state index in [0.29, 0.717) is 25.2 Å². The first-order chi connectivity index (χ1) is 14.9. The minimum Gasteiger partial charge on any atom is -0.459 e. The quantitative estimate of drug-likeness (QED) is 0.593. The van der Waals surface area contributed by atoms with Gasteiger partial charge >= 0.3 is 12.1 Å². The number of rotatable bonds is 5. The topological polar surface area (TPSA) is 32.8 Å². The van der Waals surface area contributed by atoms with Gasteiger partial charge in [0.05, 0.1) is 18.2 Å². The third-order valence-electron chi connectivity index (χ3n) is 5.56. The summed E-state index contributed by atoms with van der Waals surface area (Å²) in [4.78, 5) is 16.5. The summed E-state index contributed by atoms with van der Waals surface area (Å²) in [6, 6.07) is 14.9. The lowest BCUT2D eigenvalue weighted by Gasteiger charge is -2.43. The van der Waals surface area contributed by atoms with E-state index >= 15 is 0 Å². The fraction of sp³-hybridized carbons (Fsp3) is 0.480. The van der Waals surface area contributed by atoms with Crippen LogP contribution in [0.1, 0.15) is 50.4 Å². The second-order valence-corrected chi connectivity index (χ2v) is 9.34. The number of ether oxygens (including phenoxy) is 1. The predicted molar refractivity (Wildman–Crippen MR) is 118 cm³/mol. The maximum Gasteiger partial charge on any atom is 0.416 e. The van der Waals surface area contributed by atoms with Crippen LogP contribution in [0, 0.1) is 0 Å². The van der Waals surface area contributed by atoms with Crippen LogP contribution in [0.3, 0.4) is 0 Å². The Bertz CT molecular complexity index is 909. The predicted octanol–water partition coefficient (Wildman–Crippen LogP) is 5.14. The van der Waals surface area contributed by atoms with Gasteiger partial charge in [0.15, 0.2) is 0 Å². The lowest BCUT2D eigenvalue weighted by Crippen LogP contribution is -2.54. The molecule has 4 nitrogen and oxygen atoms in total. The number of halogens is 3. The van der Waals surface area contributed by atoms with Gasteiger partial charge in [-0.25, -0.2) is 0 Å². The summed E-state index contributed by atoms with van der Waals surface area (Å²) in [7, 11) is 0. The number of nitrogens with zero attached hydrogens (tertiary/aromatic N) is 2. The highest BCUT2D eigenvalue weighted by molar-refractivity contribution is 5.72. The molecule has 0 N–H and O–H groups in total. The van der Waals surface area contributed by atoms with Crippen molar-refractivity contribution >= 4 is 5.97 Å². The number of benzene rings is 2. The second-order valence-electron chi connectivity index (χ2n) is 9.34. The molecule has 0 spiro atoms. The smallest absolute Gasteiger partial charge is 0.416 e. The molecule has 1 aliphatic rings. The highest BCUT2D eigenvalue weighted by atomic mass is 19.4. The molecule has 0 amide bonds. The SMILES string of the molecule is C[C@@H]1CN(C(c2ccccc2)c2cccc(C(F)(F)F)c2)CCN1CC(=O)OC(C)(C)C. The molecular formula is C25H31F3N2O2. The zero-order valence-electron chi connectivity index (χ0n) is 19.0. The van der Waals surface area contributed by atoms with E-state index in [0.717, 1.165) is 11.6 Å². The highest BCUT2D eigenvalue weighted by Gasteiger charge is 2.34. The number of esters is 1. The standard InChI is InChI=1S/C25H31F3N2O2/c1-18-16-30(14-13-29(18)17-22(31)32-24(2,3)4)23(19-9-6-5-7-10-19)20-11-8-12-21(15-20)25(26,27)28/h5-12,15,18,23H,13-14,16-17H2,1-4H3/t18-,23?/m1/s1. The van der Waals surface area contributed by atoms with Crippen LogP contribution in [0.5, 0.6) is 0 Å². The monoisotopic (exact) mass is 448 g/mol. The van der Waals surface area contributed by atoms with Gasteiger partial charge in [-0.2, -0.15) is 13.2 Å². The van der Waals surface area contributed by atoms with E-state index in [1.807, 2.05) is 58.0 Å². The summed E-state index contributed by atoms with van der Waals surface area (Å²) in [6.45, 7) is 9.63. The number of hydrogen-bond acceptors (Lipinski definition) is 4. The Morgan fingerprint density at radius 1 is 1.03 bits per heavy atom. The van der Waals surface area contributed by atoms with Crippen molar-refractivity contribution in [2.75, 3.05) is 26.2 Å². The largest absolute Gasteiger partial charge is 0.459 e. The van der Waals surface area contributed by atoms with E-state index < -0.39 is 17.3 Å². The van der Waals surface area contributed by atoms with E-state index in [2.05, 4.69) is 9.80 Å². The molecule has 2 aromatic carbocycles. The molecule has 0 bridgehead atoms. The molecule has 1 saturated heterocycles. The first-order valence-corrected chi connectivity index (χ1v) is 10.9. The van der Waals surface area contributed by atoms with Crippen molar-refractivity contribution in [3.63, 3.8) is 0 Å². The van der Waals surface area contributed by atoms with Gasteiger partial charge in [-0.05, 0) is 51.0 Å². The molecule has 2 aromatic rings. The lowest BCUT2D eigenvalue weighted by molar-refractivity contribution is -0.157. The van der Waals surface area contributed by atoms with Crippen molar-refractivity contribution in [1.82, 2.24) is 9.80 Å². The van der Waals surface area contributed by atoms with Gasteiger partial charge in [-0.1, -0.05) is 42.5 Å². The van der Waals surface area contributed by atoms with E-state index in [4.69, 9.17) is 4.74 Å². The maximum absolute atomic E-state index is 13.4. The van der Waals surface area contributed by atoms with Gasteiger partial charge in [-0.3, -0.25) is 14.6 Å². The highest BCUT2D eigenvalue weighted by Crippen LogP contribution is 2.35. The summed E-state index contributed by atoms with van der Waals surface area (Å²) >= 11 is 0. The van der Waals surface area contributed by atoms with Gasteiger partial charge in [-0.15, -0.1) is 0 Å². The Morgan fingerprint density at radius 3 is 2.28 bits per heavy atom. The van der Waals surface area contributed by atoms with Gasteiger partial charge in [0.25, 0.3) is 0 Å². The van der Waals surface area contributed by atoms with Crippen molar-refractivity contribution in [3.05, 3.63) is 71.3 Å². The Balaban J connectivity index is 1.82. The molecule has 1 aliphatic heterocycles. The van der Waals surface area contributed by atoms with Crippen molar-refractivity contribution < 1.29 is 22.7 Å². The lowest BCUT2D eigenvalue weighted by atomic mass is 9.94. The van der Waals surface area contributed by atoms with Crippen molar-refractivity contribution in [2.24, 2.45) is 0 Å². The molecule has 7 heteroatoms. The van der Waals surface area contributed by atoms with E-state index in [9.17, 15) is 18.0 Å². The molecule has 2 atom stereocenters. The molecule has 0 saturated carbocycles. The molecular weight excluding hydrogens is 417 g/mol. The Morgan fingerprint density at radius 2 is 1.69 bits per heavy atom. The van der Waals surface area contributed by atoms with Gasteiger partial charge in [0.1, 0.15) is 5.60 Å². The van der Waals surface area contributed by atoms with Crippen LogP contribution in [0.2, 0.25) is 0 Å². The van der Waals surface area contributed by atoms with Gasteiger partial charge < -0.3 is 4.74 Å². The van der Waals surface area contributed by atoms with E-state index in [1.54, 1.807) is 6.07 Å². The average Bonchev–Trinajstić information content (AvgIpc) is 2.69. The Kier molecular flexibility index (Phi) is 7.30. The number of hydrogen-bond donors (Lipinski definition) is 0. The molecule has 32 heavy (non-hydrogen) atoms. The van der Waals surface area contributed by atoms with E-state index in [1.165, 1.54) is 12.1 Å². The van der Waals surface area contributed by atoms with Crippen LogP contribution < -0.4 is 0 Å². The first-order valence-electron chi connectivity index (χ1n) is 10.9. The third kappa shape index (κ3) is 6.33.